The molecule has 102 valence electrons. The second-order valence-corrected chi connectivity index (χ2v) is 7.03. The fourth-order valence-electron chi connectivity index (χ4n) is 1.44. The Hall–Kier alpha value is -0.980. The van der Waals surface area contributed by atoms with E-state index in [1.165, 1.54) is 4.31 Å². The number of hydrogen-bond donors (Lipinski definition) is 1. The molecule has 0 unspecified atom stereocenters. The predicted octanol–water partition coefficient (Wildman–Crippen LogP) is 0.623. The average Bonchev–Trinajstić information content (AvgIpc) is 2.37. The van der Waals surface area contributed by atoms with Crippen molar-refractivity contribution in [2.75, 3.05) is 19.3 Å². The van der Waals surface area contributed by atoms with E-state index in [9.17, 15) is 8.42 Å². The molecule has 0 saturated carbocycles. The van der Waals surface area contributed by atoms with E-state index in [2.05, 4.69) is 4.98 Å². The number of nitrogens with zero attached hydrogens (tertiary/aromatic N) is 2. The number of hydrogen-bond acceptors (Lipinski definition) is 4. The van der Waals surface area contributed by atoms with Crippen LogP contribution >= 0.6 is 0 Å². The molecule has 0 aromatic carbocycles. The van der Waals surface area contributed by atoms with Crippen LogP contribution in [0.3, 0.4) is 0 Å². The monoisotopic (exact) mass is 271 g/mol. The van der Waals surface area contributed by atoms with E-state index in [1.54, 1.807) is 19.4 Å². The first-order valence-corrected chi connectivity index (χ1v) is 7.46. The summed E-state index contributed by atoms with van der Waals surface area (Å²) in [5.41, 5.74) is 6.00. The van der Waals surface area contributed by atoms with E-state index >= 15 is 0 Å². The average molecular weight is 271 g/mol. The van der Waals surface area contributed by atoms with Gasteiger partial charge >= 0.3 is 0 Å². The zero-order chi connectivity index (χ0) is 13.8. The lowest BCUT2D eigenvalue weighted by molar-refractivity contribution is 0.274. The normalized spacial score (nSPS) is 12.9. The number of sulfonamides is 1. The van der Waals surface area contributed by atoms with Gasteiger partial charge in [-0.1, -0.05) is 0 Å². The number of pyridine rings is 1. The van der Waals surface area contributed by atoms with Crippen LogP contribution in [-0.4, -0.2) is 42.6 Å². The van der Waals surface area contributed by atoms with Gasteiger partial charge in [-0.2, -0.15) is 4.31 Å². The van der Waals surface area contributed by atoms with Gasteiger partial charge in [0.2, 0.25) is 10.0 Å². The maximum atomic E-state index is 12.2. The molecule has 0 saturated heterocycles. The smallest absolute Gasteiger partial charge is 0.214 e. The summed E-state index contributed by atoms with van der Waals surface area (Å²) in [6.45, 7) is 3.92. The largest absolute Gasteiger partial charge is 0.329 e. The summed E-state index contributed by atoms with van der Waals surface area (Å²) in [6.07, 6.45) is 3.81. The molecular weight excluding hydrogens is 250 g/mol. The lowest BCUT2D eigenvalue weighted by Crippen LogP contribution is -2.50. The van der Waals surface area contributed by atoms with Crippen LogP contribution in [0.25, 0.3) is 0 Å². The van der Waals surface area contributed by atoms with Gasteiger partial charge < -0.3 is 5.73 Å². The van der Waals surface area contributed by atoms with Crippen LogP contribution in [0, 0.1) is 0 Å². The molecule has 0 amide bonds. The maximum Gasteiger partial charge on any atom is 0.214 e. The molecule has 0 aliphatic rings. The first-order chi connectivity index (χ1) is 8.29. The Kier molecular flexibility index (Phi) is 4.84. The minimum absolute atomic E-state index is 0.0803. The van der Waals surface area contributed by atoms with Crippen molar-refractivity contribution in [3.8, 4) is 0 Å². The first kappa shape index (κ1) is 15.1. The lowest BCUT2D eigenvalue weighted by atomic mass is 10.1. The molecule has 0 aliphatic heterocycles. The highest BCUT2D eigenvalue weighted by Gasteiger charge is 2.31. The minimum atomic E-state index is -3.30. The van der Waals surface area contributed by atoms with Crippen LogP contribution in [0.15, 0.2) is 24.5 Å². The quantitative estimate of drug-likeness (QED) is 0.823. The highest BCUT2D eigenvalue weighted by Crippen LogP contribution is 2.16. The third-order valence-corrected chi connectivity index (χ3v) is 5.22. The molecule has 1 rings (SSSR count). The summed E-state index contributed by atoms with van der Waals surface area (Å²) in [6, 6.07) is 3.65. The molecule has 0 atom stereocenters. The van der Waals surface area contributed by atoms with Gasteiger partial charge in [0.1, 0.15) is 0 Å². The Bertz CT molecular complexity index is 471. The van der Waals surface area contributed by atoms with Crippen molar-refractivity contribution < 1.29 is 8.42 Å². The summed E-state index contributed by atoms with van der Waals surface area (Å²) in [5.74, 6) is 0.0803. The lowest BCUT2D eigenvalue weighted by Gasteiger charge is -2.33. The molecular formula is C12H21N3O2S. The first-order valence-electron chi connectivity index (χ1n) is 5.85. The van der Waals surface area contributed by atoms with Gasteiger partial charge in [0.05, 0.1) is 5.75 Å². The van der Waals surface area contributed by atoms with Crippen molar-refractivity contribution >= 4 is 10.0 Å². The molecule has 6 heteroatoms. The Morgan fingerprint density at radius 1 is 1.33 bits per heavy atom. The van der Waals surface area contributed by atoms with Crippen LogP contribution in [0.4, 0.5) is 0 Å². The van der Waals surface area contributed by atoms with Gasteiger partial charge in [-0.3, -0.25) is 4.98 Å². The molecule has 1 aromatic rings. The molecule has 2 N–H and O–H groups in total. The van der Waals surface area contributed by atoms with Crippen LogP contribution < -0.4 is 5.73 Å². The van der Waals surface area contributed by atoms with Crippen molar-refractivity contribution in [3.05, 3.63) is 30.1 Å². The molecule has 0 bridgehead atoms. The van der Waals surface area contributed by atoms with Crippen molar-refractivity contribution in [2.24, 2.45) is 5.73 Å². The fraction of sp³-hybridized carbons (Fsp3) is 0.583. The molecule has 0 fully saturated rings. The maximum absolute atomic E-state index is 12.2. The predicted molar refractivity (Wildman–Crippen MR) is 72.6 cm³/mol. The van der Waals surface area contributed by atoms with Crippen LogP contribution in [0.5, 0.6) is 0 Å². The van der Waals surface area contributed by atoms with E-state index in [0.29, 0.717) is 6.42 Å². The standard InChI is InChI=1S/C12H21N3O2S/c1-12(2,10-13)15(3)18(16,17)9-6-11-4-7-14-8-5-11/h4-5,7-8H,6,9-10,13H2,1-3H3. The summed E-state index contributed by atoms with van der Waals surface area (Å²) < 4.78 is 25.7. The molecule has 0 aliphatic carbocycles. The van der Waals surface area contributed by atoms with E-state index in [-0.39, 0.29) is 12.3 Å². The zero-order valence-corrected chi connectivity index (χ0v) is 11.9. The van der Waals surface area contributed by atoms with Gasteiger partial charge in [-0.15, -0.1) is 0 Å². The molecule has 18 heavy (non-hydrogen) atoms. The summed E-state index contributed by atoms with van der Waals surface area (Å²) in [7, 11) is -1.72. The number of rotatable bonds is 6. The third-order valence-electron chi connectivity index (χ3n) is 3.17. The Labute approximate surface area is 109 Å². The van der Waals surface area contributed by atoms with Crippen LogP contribution in [0.2, 0.25) is 0 Å². The zero-order valence-electron chi connectivity index (χ0n) is 11.1. The number of likely N-dealkylation sites (N-methyl/N-ethyl adjacent to an activating group) is 1. The van der Waals surface area contributed by atoms with Crippen molar-refractivity contribution in [2.45, 2.75) is 25.8 Å². The van der Waals surface area contributed by atoms with Gasteiger partial charge in [-0.05, 0) is 38.0 Å². The van der Waals surface area contributed by atoms with Gasteiger partial charge in [0, 0.05) is 31.5 Å². The van der Waals surface area contributed by atoms with Crippen LogP contribution in [0.1, 0.15) is 19.4 Å². The van der Waals surface area contributed by atoms with Crippen LogP contribution in [-0.2, 0) is 16.4 Å². The highest BCUT2D eigenvalue weighted by atomic mass is 32.2. The summed E-state index contributed by atoms with van der Waals surface area (Å²) >= 11 is 0. The van der Waals surface area contributed by atoms with Gasteiger partial charge in [0.15, 0.2) is 0 Å². The van der Waals surface area contributed by atoms with Gasteiger partial charge in [0.25, 0.3) is 0 Å². The second kappa shape index (κ2) is 5.77. The van der Waals surface area contributed by atoms with Crippen molar-refractivity contribution in [1.29, 1.82) is 0 Å². The second-order valence-electron chi connectivity index (χ2n) is 4.91. The molecule has 0 spiro atoms. The third kappa shape index (κ3) is 3.76. The Morgan fingerprint density at radius 2 is 1.89 bits per heavy atom. The topological polar surface area (TPSA) is 76.3 Å². The highest BCUT2D eigenvalue weighted by molar-refractivity contribution is 7.89. The van der Waals surface area contributed by atoms with Crippen molar-refractivity contribution in [1.82, 2.24) is 9.29 Å². The number of aryl methyl sites for hydroxylation is 1. The van der Waals surface area contributed by atoms with E-state index in [0.717, 1.165) is 5.56 Å². The fourth-order valence-corrected chi connectivity index (χ4v) is 3.03. The number of aromatic nitrogens is 1. The van der Waals surface area contributed by atoms with Crippen molar-refractivity contribution in [3.63, 3.8) is 0 Å². The minimum Gasteiger partial charge on any atom is -0.329 e. The SMILES string of the molecule is CN(C(C)(C)CN)S(=O)(=O)CCc1ccncc1. The molecule has 5 nitrogen and oxygen atoms in total. The Balaban J connectivity index is 2.71. The van der Waals surface area contributed by atoms with E-state index in [4.69, 9.17) is 5.73 Å². The van der Waals surface area contributed by atoms with Gasteiger partial charge in [-0.25, -0.2) is 8.42 Å². The Morgan fingerprint density at radius 3 is 2.39 bits per heavy atom. The molecule has 1 aromatic heterocycles. The molecule has 1 heterocycles. The van der Waals surface area contributed by atoms with E-state index in [1.807, 2.05) is 26.0 Å². The summed E-state index contributed by atoms with van der Waals surface area (Å²) in [4.78, 5) is 3.90. The van der Waals surface area contributed by atoms with E-state index < -0.39 is 15.6 Å². The molecule has 0 radical (unpaired) electrons. The number of nitrogens with two attached hydrogens (primary N) is 1. The summed E-state index contributed by atoms with van der Waals surface area (Å²) in [5, 5.41) is 0.